The molecule has 1 rings (SSSR count). The van der Waals surface area contributed by atoms with Crippen LogP contribution in [0.2, 0.25) is 0 Å². The van der Waals surface area contributed by atoms with E-state index in [4.69, 9.17) is 5.26 Å². The van der Waals surface area contributed by atoms with E-state index in [0.717, 1.165) is 19.4 Å². The Morgan fingerprint density at radius 2 is 1.95 bits per heavy atom. The largest absolute Gasteiger partial charge is 0.303 e. The molecule has 0 amide bonds. The maximum Gasteiger partial charge on any atom is 0.103 e. The van der Waals surface area contributed by atoms with Crippen molar-refractivity contribution in [3.05, 3.63) is 0 Å². The van der Waals surface area contributed by atoms with E-state index < -0.39 is 0 Å². The average Bonchev–Trinajstić information content (AvgIpc) is 2.47. The first kappa shape index (κ1) is 16.4. The second kappa shape index (κ2) is 7.84. The van der Waals surface area contributed by atoms with Crippen molar-refractivity contribution in [3.63, 3.8) is 0 Å². The number of hydrogen-bond acceptors (Lipinski definition) is 4. The first-order chi connectivity index (χ1) is 9.04. The van der Waals surface area contributed by atoms with Gasteiger partial charge in [-0.25, -0.2) is 0 Å². The van der Waals surface area contributed by atoms with Gasteiger partial charge in [-0.15, -0.1) is 0 Å². The van der Waals surface area contributed by atoms with Crippen molar-refractivity contribution < 1.29 is 0 Å². The van der Waals surface area contributed by atoms with Crippen LogP contribution in [0.15, 0.2) is 0 Å². The fraction of sp³-hybridized carbons (Fsp3) is 0.933. The molecule has 0 aromatic rings. The molecule has 2 unspecified atom stereocenters. The average molecular weight is 266 g/mol. The molecule has 1 N–H and O–H groups in total. The molecule has 19 heavy (non-hydrogen) atoms. The molecular weight excluding hydrogens is 236 g/mol. The summed E-state index contributed by atoms with van der Waals surface area (Å²) in [5, 5.41) is 12.2. The molecule has 4 heteroatoms. The Labute approximate surface area is 118 Å². The van der Waals surface area contributed by atoms with Gasteiger partial charge in [-0.3, -0.25) is 4.90 Å². The maximum absolute atomic E-state index is 9.11. The fourth-order valence-corrected chi connectivity index (χ4v) is 2.58. The van der Waals surface area contributed by atoms with E-state index in [1.165, 1.54) is 32.6 Å². The third kappa shape index (κ3) is 5.10. The van der Waals surface area contributed by atoms with Crippen LogP contribution in [0.3, 0.4) is 0 Å². The minimum Gasteiger partial charge on any atom is -0.303 e. The van der Waals surface area contributed by atoms with Crippen molar-refractivity contribution in [2.24, 2.45) is 0 Å². The van der Waals surface area contributed by atoms with Crippen LogP contribution in [0.25, 0.3) is 0 Å². The molecule has 1 aliphatic heterocycles. The third-order valence-corrected chi connectivity index (χ3v) is 4.57. The van der Waals surface area contributed by atoms with Crippen LogP contribution >= 0.6 is 0 Å². The van der Waals surface area contributed by atoms with Gasteiger partial charge in [-0.1, -0.05) is 6.92 Å². The number of piperazine rings is 1. The normalized spacial score (nSPS) is 22.7. The Kier molecular flexibility index (Phi) is 6.78. The van der Waals surface area contributed by atoms with E-state index in [-0.39, 0.29) is 5.54 Å². The van der Waals surface area contributed by atoms with Gasteiger partial charge in [0.1, 0.15) is 5.54 Å². The molecule has 0 aromatic heterocycles. The summed E-state index contributed by atoms with van der Waals surface area (Å²) in [5.41, 5.74) is -0.363. The molecule has 0 bridgehead atoms. The van der Waals surface area contributed by atoms with Gasteiger partial charge in [-0.2, -0.15) is 5.26 Å². The zero-order valence-corrected chi connectivity index (χ0v) is 13.1. The summed E-state index contributed by atoms with van der Waals surface area (Å²) in [6.07, 6.45) is 3.25. The Bertz CT molecular complexity index is 291. The number of hydrogen-bond donors (Lipinski definition) is 1. The minimum atomic E-state index is -0.363. The molecule has 1 heterocycles. The van der Waals surface area contributed by atoms with E-state index in [2.05, 4.69) is 35.0 Å². The molecule has 0 saturated carbocycles. The van der Waals surface area contributed by atoms with Gasteiger partial charge in [0.25, 0.3) is 0 Å². The standard InChI is InChI=1S/C15H30N4/c1-5-14(2)19-11-9-18(10-12-19)8-6-7-15(3,13-16)17-4/h14,17H,5-12H2,1-4H3. The first-order valence-electron chi connectivity index (χ1n) is 7.61. The highest BCUT2D eigenvalue weighted by molar-refractivity contribution is 5.02. The summed E-state index contributed by atoms with van der Waals surface area (Å²) in [6.45, 7) is 12.4. The van der Waals surface area contributed by atoms with Crippen LogP contribution in [-0.2, 0) is 0 Å². The summed E-state index contributed by atoms with van der Waals surface area (Å²) in [6, 6.07) is 3.07. The molecule has 0 spiro atoms. The summed E-state index contributed by atoms with van der Waals surface area (Å²) < 4.78 is 0. The van der Waals surface area contributed by atoms with Crippen molar-refractivity contribution in [3.8, 4) is 6.07 Å². The molecule has 4 nitrogen and oxygen atoms in total. The van der Waals surface area contributed by atoms with E-state index in [9.17, 15) is 0 Å². The fourth-order valence-electron chi connectivity index (χ4n) is 2.58. The molecule has 0 aliphatic carbocycles. The lowest BCUT2D eigenvalue weighted by atomic mass is 9.98. The Balaban J connectivity index is 2.22. The van der Waals surface area contributed by atoms with Crippen LogP contribution in [0, 0.1) is 11.3 Å². The highest BCUT2D eigenvalue weighted by Gasteiger charge is 2.23. The predicted octanol–water partition coefficient (Wildman–Crippen LogP) is 1.68. The highest BCUT2D eigenvalue weighted by atomic mass is 15.3. The summed E-state index contributed by atoms with van der Waals surface area (Å²) >= 11 is 0. The third-order valence-electron chi connectivity index (χ3n) is 4.57. The van der Waals surface area contributed by atoms with Gasteiger partial charge in [0.15, 0.2) is 0 Å². The molecule has 2 atom stereocenters. The quantitative estimate of drug-likeness (QED) is 0.761. The molecule has 1 fully saturated rings. The summed E-state index contributed by atoms with van der Waals surface area (Å²) in [7, 11) is 1.87. The zero-order valence-electron chi connectivity index (χ0n) is 13.1. The van der Waals surface area contributed by atoms with E-state index >= 15 is 0 Å². The van der Waals surface area contributed by atoms with Crippen LogP contribution in [0.1, 0.15) is 40.0 Å². The topological polar surface area (TPSA) is 42.3 Å². The second-order valence-electron chi connectivity index (χ2n) is 5.93. The molecular formula is C15H30N4. The van der Waals surface area contributed by atoms with Crippen LogP contribution in [-0.4, -0.2) is 61.2 Å². The first-order valence-corrected chi connectivity index (χ1v) is 7.61. The van der Waals surface area contributed by atoms with E-state index in [1.807, 2.05) is 14.0 Å². The van der Waals surface area contributed by atoms with Gasteiger partial charge in [0.2, 0.25) is 0 Å². The lowest BCUT2D eigenvalue weighted by Crippen LogP contribution is -2.49. The minimum absolute atomic E-state index is 0.363. The van der Waals surface area contributed by atoms with Gasteiger partial charge in [0, 0.05) is 32.2 Å². The SMILES string of the molecule is CCC(C)N1CCN(CCCC(C)(C#N)NC)CC1. The smallest absolute Gasteiger partial charge is 0.103 e. The Hall–Kier alpha value is -0.630. The molecule has 0 aromatic carbocycles. The van der Waals surface area contributed by atoms with Crippen molar-refractivity contribution in [1.29, 1.82) is 5.26 Å². The van der Waals surface area contributed by atoms with Crippen LogP contribution in [0.5, 0.6) is 0 Å². The van der Waals surface area contributed by atoms with Gasteiger partial charge in [0.05, 0.1) is 6.07 Å². The van der Waals surface area contributed by atoms with E-state index in [0.29, 0.717) is 6.04 Å². The van der Waals surface area contributed by atoms with Crippen molar-refractivity contribution in [2.45, 2.75) is 51.6 Å². The van der Waals surface area contributed by atoms with Crippen LogP contribution in [0.4, 0.5) is 0 Å². The number of rotatable bonds is 7. The summed E-state index contributed by atoms with van der Waals surface area (Å²) in [5.74, 6) is 0. The predicted molar refractivity (Wildman–Crippen MR) is 80.1 cm³/mol. The number of nitrogens with one attached hydrogen (secondary N) is 1. The lowest BCUT2D eigenvalue weighted by Gasteiger charge is -2.38. The van der Waals surface area contributed by atoms with Crippen molar-refractivity contribution >= 4 is 0 Å². The molecule has 1 aliphatic rings. The zero-order chi connectivity index (χ0) is 14.3. The molecule has 110 valence electrons. The maximum atomic E-state index is 9.11. The molecule has 1 saturated heterocycles. The Morgan fingerprint density at radius 3 is 2.42 bits per heavy atom. The van der Waals surface area contributed by atoms with E-state index in [1.54, 1.807) is 0 Å². The summed E-state index contributed by atoms with van der Waals surface area (Å²) in [4.78, 5) is 5.12. The number of nitrogens with zero attached hydrogens (tertiary/aromatic N) is 3. The van der Waals surface area contributed by atoms with Crippen molar-refractivity contribution in [2.75, 3.05) is 39.8 Å². The monoisotopic (exact) mass is 266 g/mol. The molecule has 0 radical (unpaired) electrons. The lowest BCUT2D eigenvalue weighted by molar-refractivity contribution is 0.0986. The number of nitriles is 1. The van der Waals surface area contributed by atoms with Crippen molar-refractivity contribution in [1.82, 2.24) is 15.1 Å². The van der Waals surface area contributed by atoms with Crippen LogP contribution < -0.4 is 5.32 Å². The van der Waals surface area contributed by atoms with Gasteiger partial charge >= 0.3 is 0 Å². The highest BCUT2D eigenvalue weighted by Crippen LogP contribution is 2.13. The van der Waals surface area contributed by atoms with Gasteiger partial charge in [-0.05, 0) is 46.7 Å². The van der Waals surface area contributed by atoms with Gasteiger partial charge < -0.3 is 10.2 Å². The second-order valence-corrected chi connectivity index (χ2v) is 5.93. The Morgan fingerprint density at radius 1 is 1.32 bits per heavy atom.